The molecule has 1 saturated heterocycles. The molecule has 1 aliphatic heterocycles. The SMILES string of the molecule is N[C@H]1CNC[C@H]1C1CCC1. The van der Waals surface area contributed by atoms with Crippen molar-refractivity contribution >= 4 is 0 Å². The summed E-state index contributed by atoms with van der Waals surface area (Å²) in [5.41, 5.74) is 5.93. The van der Waals surface area contributed by atoms with Gasteiger partial charge in [0.25, 0.3) is 0 Å². The third-order valence-electron chi connectivity index (χ3n) is 3.07. The van der Waals surface area contributed by atoms with Crippen LogP contribution in [-0.4, -0.2) is 19.1 Å². The molecule has 10 heavy (non-hydrogen) atoms. The van der Waals surface area contributed by atoms with Crippen molar-refractivity contribution in [3.05, 3.63) is 0 Å². The average molecular weight is 140 g/mol. The fraction of sp³-hybridized carbons (Fsp3) is 1.00. The van der Waals surface area contributed by atoms with Crippen LogP contribution in [0.1, 0.15) is 19.3 Å². The molecule has 0 unspecified atom stereocenters. The summed E-state index contributed by atoms with van der Waals surface area (Å²) in [5.74, 6) is 1.76. The van der Waals surface area contributed by atoms with Gasteiger partial charge >= 0.3 is 0 Å². The molecule has 2 fully saturated rings. The molecule has 0 amide bonds. The van der Waals surface area contributed by atoms with Crippen molar-refractivity contribution in [2.45, 2.75) is 25.3 Å². The lowest BCUT2D eigenvalue weighted by molar-refractivity contribution is 0.206. The van der Waals surface area contributed by atoms with Gasteiger partial charge in [0.05, 0.1) is 0 Å². The summed E-state index contributed by atoms with van der Waals surface area (Å²) in [7, 11) is 0. The predicted octanol–water partition coefficient (Wildman–Crippen LogP) is 0.333. The highest BCUT2D eigenvalue weighted by molar-refractivity contribution is 4.91. The number of nitrogens with two attached hydrogens (primary N) is 1. The predicted molar refractivity (Wildman–Crippen MR) is 41.7 cm³/mol. The summed E-state index contributed by atoms with van der Waals surface area (Å²) in [6.07, 6.45) is 4.30. The van der Waals surface area contributed by atoms with Crippen molar-refractivity contribution in [3.63, 3.8) is 0 Å². The van der Waals surface area contributed by atoms with Crippen LogP contribution >= 0.6 is 0 Å². The molecule has 2 aliphatic rings. The molecule has 1 aliphatic carbocycles. The smallest absolute Gasteiger partial charge is 0.0208 e. The molecular formula is C8H16N2. The van der Waals surface area contributed by atoms with E-state index in [1.807, 2.05) is 0 Å². The Kier molecular flexibility index (Phi) is 1.66. The van der Waals surface area contributed by atoms with Crippen molar-refractivity contribution < 1.29 is 0 Å². The van der Waals surface area contributed by atoms with Crippen LogP contribution in [0.3, 0.4) is 0 Å². The summed E-state index contributed by atoms with van der Waals surface area (Å²) < 4.78 is 0. The summed E-state index contributed by atoms with van der Waals surface area (Å²) in [4.78, 5) is 0. The Hall–Kier alpha value is -0.0800. The van der Waals surface area contributed by atoms with Crippen molar-refractivity contribution in [2.75, 3.05) is 13.1 Å². The first kappa shape index (κ1) is 6.62. The Morgan fingerprint density at radius 3 is 2.40 bits per heavy atom. The van der Waals surface area contributed by atoms with E-state index in [-0.39, 0.29) is 0 Å². The normalized spacial score (nSPS) is 41.7. The second-order valence-electron chi connectivity index (χ2n) is 3.68. The molecule has 2 heteroatoms. The third kappa shape index (κ3) is 0.956. The lowest BCUT2D eigenvalue weighted by atomic mass is 9.74. The average Bonchev–Trinajstić information content (AvgIpc) is 2.12. The molecule has 0 aromatic carbocycles. The number of rotatable bonds is 1. The van der Waals surface area contributed by atoms with E-state index >= 15 is 0 Å². The van der Waals surface area contributed by atoms with Gasteiger partial charge in [-0.05, 0) is 18.4 Å². The van der Waals surface area contributed by atoms with Gasteiger partial charge < -0.3 is 11.1 Å². The lowest BCUT2D eigenvalue weighted by Gasteiger charge is -2.32. The lowest BCUT2D eigenvalue weighted by Crippen LogP contribution is -2.36. The molecule has 1 saturated carbocycles. The molecule has 0 bridgehead atoms. The van der Waals surface area contributed by atoms with E-state index < -0.39 is 0 Å². The van der Waals surface area contributed by atoms with Gasteiger partial charge in [-0.2, -0.15) is 0 Å². The molecule has 2 atom stereocenters. The number of nitrogens with one attached hydrogen (secondary N) is 1. The minimum absolute atomic E-state index is 0.449. The van der Waals surface area contributed by atoms with E-state index in [2.05, 4.69) is 5.32 Å². The van der Waals surface area contributed by atoms with Gasteiger partial charge in [0.2, 0.25) is 0 Å². The fourth-order valence-corrected chi connectivity index (χ4v) is 2.10. The first-order chi connectivity index (χ1) is 4.88. The number of hydrogen-bond donors (Lipinski definition) is 2. The highest BCUT2D eigenvalue weighted by Crippen LogP contribution is 2.35. The largest absolute Gasteiger partial charge is 0.326 e. The monoisotopic (exact) mass is 140 g/mol. The Morgan fingerprint density at radius 2 is 2.00 bits per heavy atom. The summed E-state index contributed by atoms with van der Waals surface area (Å²) in [5, 5.41) is 3.35. The molecule has 0 aromatic rings. The summed E-state index contributed by atoms with van der Waals surface area (Å²) >= 11 is 0. The summed E-state index contributed by atoms with van der Waals surface area (Å²) in [6.45, 7) is 2.22. The standard InChI is InChI=1S/C8H16N2/c9-8-5-10-4-7(8)6-2-1-3-6/h6-8,10H,1-5,9H2/t7-,8-/m0/s1. The Balaban J connectivity index is 1.90. The van der Waals surface area contributed by atoms with Crippen LogP contribution in [0, 0.1) is 11.8 Å². The first-order valence-corrected chi connectivity index (χ1v) is 4.34. The maximum absolute atomic E-state index is 5.93. The van der Waals surface area contributed by atoms with Crippen molar-refractivity contribution in [1.29, 1.82) is 0 Å². The van der Waals surface area contributed by atoms with Gasteiger partial charge in [-0.25, -0.2) is 0 Å². The maximum Gasteiger partial charge on any atom is 0.0208 e. The van der Waals surface area contributed by atoms with E-state index in [0.717, 1.165) is 18.4 Å². The van der Waals surface area contributed by atoms with Crippen molar-refractivity contribution in [3.8, 4) is 0 Å². The number of hydrogen-bond acceptors (Lipinski definition) is 2. The highest BCUT2D eigenvalue weighted by Gasteiger charge is 2.34. The molecular weight excluding hydrogens is 124 g/mol. The van der Waals surface area contributed by atoms with E-state index in [1.54, 1.807) is 0 Å². The molecule has 2 nitrogen and oxygen atoms in total. The van der Waals surface area contributed by atoms with E-state index in [1.165, 1.54) is 25.8 Å². The Labute approximate surface area is 62.2 Å². The first-order valence-electron chi connectivity index (χ1n) is 4.34. The fourth-order valence-electron chi connectivity index (χ4n) is 2.10. The minimum Gasteiger partial charge on any atom is -0.326 e. The maximum atomic E-state index is 5.93. The van der Waals surface area contributed by atoms with Gasteiger partial charge in [0.1, 0.15) is 0 Å². The van der Waals surface area contributed by atoms with Gasteiger partial charge in [0.15, 0.2) is 0 Å². The van der Waals surface area contributed by atoms with E-state index in [9.17, 15) is 0 Å². The third-order valence-corrected chi connectivity index (χ3v) is 3.07. The molecule has 3 N–H and O–H groups in total. The van der Waals surface area contributed by atoms with Crippen LogP contribution < -0.4 is 11.1 Å². The van der Waals surface area contributed by atoms with Crippen molar-refractivity contribution in [2.24, 2.45) is 17.6 Å². The topological polar surface area (TPSA) is 38.0 Å². The van der Waals surface area contributed by atoms with Gasteiger partial charge in [-0.15, -0.1) is 0 Å². The van der Waals surface area contributed by atoms with Crippen molar-refractivity contribution in [1.82, 2.24) is 5.32 Å². The van der Waals surface area contributed by atoms with Gasteiger partial charge in [-0.1, -0.05) is 19.3 Å². The molecule has 0 radical (unpaired) electrons. The molecule has 1 heterocycles. The highest BCUT2D eigenvalue weighted by atomic mass is 15.0. The Bertz CT molecular complexity index is 120. The van der Waals surface area contributed by atoms with Crippen LogP contribution in [0.25, 0.3) is 0 Å². The van der Waals surface area contributed by atoms with E-state index in [4.69, 9.17) is 5.73 Å². The molecule has 58 valence electrons. The van der Waals surface area contributed by atoms with Crippen LogP contribution in [0.15, 0.2) is 0 Å². The quantitative estimate of drug-likeness (QED) is 0.551. The van der Waals surface area contributed by atoms with E-state index in [0.29, 0.717) is 6.04 Å². The summed E-state index contributed by atoms with van der Waals surface area (Å²) in [6, 6.07) is 0.449. The zero-order chi connectivity index (χ0) is 6.97. The van der Waals surface area contributed by atoms with Crippen LogP contribution in [0.4, 0.5) is 0 Å². The van der Waals surface area contributed by atoms with Crippen LogP contribution in [0.5, 0.6) is 0 Å². The van der Waals surface area contributed by atoms with Crippen LogP contribution in [-0.2, 0) is 0 Å². The zero-order valence-corrected chi connectivity index (χ0v) is 6.34. The van der Waals surface area contributed by atoms with Gasteiger partial charge in [-0.3, -0.25) is 0 Å². The Morgan fingerprint density at radius 1 is 1.20 bits per heavy atom. The second kappa shape index (κ2) is 2.51. The molecule has 2 rings (SSSR count). The van der Waals surface area contributed by atoms with Crippen LogP contribution in [0.2, 0.25) is 0 Å². The van der Waals surface area contributed by atoms with Gasteiger partial charge in [0, 0.05) is 12.6 Å². The second-order valence-corrected chi connectivity index (χ2v) is 3.68. The zero-order valence-electron chi connectivity index (χ0n) is 6.34. The molecule has 0 aromatic heterocycles. The minimum atomic E-state index is 0.449. The molecule has 0 spiro atoms.